The molecule has 112 valence electrons. The number of hydrogen-bond donors (Lipinski definition) is 1. The second-order valence-electron chi connectivity index (χ2n) is 5.17. The SMILES string of the molecule is COc1ccc(C(N)CN(C)Cc2ccccc2F)cc1. The molecule has 0 aliphatic heterocycles. The molecule has 0 fully saturated rings. The van der Waals surface area contributed by atoms with E-state index in [1.165, 1.54) is 6.07 Å². The summed E-state index contributed by atoms with van der Waals surface area (Å²) in [5.74, 6) is 0.632. The zero-order chi connectivity index (χ0) is 15.2. The van der Waals surface area contributed by atoms with Gasteiger partial charge in [0.05, 0.1) is 7.11 Å². The highest BCUT2D eigenvalue weighted by Gasteiger charge is 2.11. The lowest BCUT2D eigenvalue weighted by Crippen LogP contribution is -2.29. The van der Waals surface area contributed by atoms with E-state index in [2.05, 4.69) is 0 Å². The van der Waals surface area contributed by atoms with E-state index in [-0.39, 0.29) is 11.9 Å². The molecule has 2 rings (SSSR count). The van der Waals surface area contributed by atoms with Crippen molar-refractivity contribution in [3.8, 4) is 5.75 Å². The van der Waals surface area contributed by atoms with Crippen LogP contribution in [-0.2, 0) is 6.54 Å². The summed E-state index contributed by atoms with van der Waals surface area (Å²) >= 11 is 0. The number of hydrogen-bond acceptors (Lipinski definition) is 3. The maximum Gasteiger partial charge on any atom is 0.127 e. The van der Waals surface area contributed by atoms with Crippen LogP contribution in [-0.4, -0.2) is 25.6 Å². The summed E-state index contributed by atoms with van der Waals surface area (Å²) < 4.78 is 18.8. The highest BCUT2D eigenvalue weighted by molar-refractivity contribution is 5.29. The Bertz CT molecular complexity index is 571. The van der Waals surface area contributed by atoms with Gasteiger partial charge in [0.2, 0.25) is 0 Å². The van der Waals surface area contributed by atoms with Crippen molar-refractivity contribution in [3.05, 3.63) is 65.5 Å². The van der Waals surface area contributed by atoms with Crippen LogP contribution in [0.2, 0.25) is 0 Å². The second kappa shape index (κ2) is 7.20. The molecule has 0 aromatic heterocycles. The average Bonchev–Trinajstić information content (AvgIpc) is 2.49. The Labute approximate surface area is 125 Å². The molecule has 3 nitrogen and oxygen atoms in total. The third-order valence-corrected chi connectivity index (χ3v) is 3.45. The van der Waals surface area contributed by atoms with Gasteiger partial charge in [-0.15, -0.1) is 0 Å². The van der Waals surface area contributed by atoms with E-state index in [0.717, 1.165) is 11.3 Å². The quantitative estimate of drug-likeness (QED) is 0.888. The van der Waals surface area contributed by atoms with Crippen molar-refractivity contribution in [3.63, 3.8) is 0 Å². The number of nitrogens with two attached hydrogens (primary N) is 1. The second-order valence-corrected chi connectivity index (χ2v) is 5.17. The molecule has 2 aromatic rings. The number of methoxy groups -OCH3 is 1. The Balaban J connectivity index is 1.95. The van der Waals surface area contributed by atoms with Crippen LogP contribution in [0.1, 0.15) is 17.2 Å². The van der Waals surface area contributed by atoms with Gasteiger partial charge in [0.25, 0.3) is 0 Å². The van der Waals surface area contributed by atoms with Gasteiger partial charge in [-0.1, -0.05) is 30.3 Å². The van der Waals surface area contributed by atoms with Gasteiger partial charge >= 0.3 is 0 Å². The Morgan fingerprint density at radius 1 is 1.14 bits per heavy atom. The van der Waals surface area contributed by atoms with Crippen LogP contribution < -0.4 is 10.5 Å². The van der Waals surface area contributed by atoms with Gasteiger partial charge in [-0.25, -0.2) is 4.39 Å². The zero-order valence-electron chi connectivity index (χ0n) is 12.4. The summed E-state index contributed by atoms with van der Waals surface area (Å²) in [7, 11) is 3.58. The molecule has 0 aliphatic rings. The molecular formula is C17H21FN2O. The fourth-order valence-electron chi connectivity index (χ4n) is 2.27. The van der Waals surface area contributed by atoms with Crippen LogP contribution in [0.3, 0.4) is 0 Å². The minimum Gasteiger partial charge on any atom is -0.497 e. The predicted octanol–water partition coefficient (Wildman–Crippen LogP) is 2.97. The molecule has 21 heavy (non-hydrogen) atoms. The minimum absolute atomic E-state index is 0.118. The first-order valence-electron chi connectivity index (χ1n) is 6.91. The maximum atomic E-state index is 13.6. The smallest absolute Gasteiger partial charge is 0.127 e. The Morgan fingerprint density at radius 2 is 1.81 bits per heavy atom. The first-order valence-corrected chi connectivity index (χ1v) is 6.91. The molecule has 0 heterocycles. The summed E-state index contributed by atoms with van der Waals surface area (Å²) in [5, 5.41) is 0. The third-order valence-electron chi connectivity index (χ3n) is 3.45. The molecule has 0 aliphatic carbocycles. The zero-order valence-corrected chi connectivity index (χ0v) is 12.4. The lowest BCUT2D eigenvalue weighted by Gasteiger charge is -2.22. The monoisotopic (exact) mass is 288 g/mol. The van der Waals surface area contributed by atoms with Gasteiger partial charge < -0.3 is 15.4 Å². The predicted molar refractivity (Wildman–Crippen MR) is 82.7 cm³/mol. The lowest BCUT2D eigenvalue weighted by atomic mass is 10.1. The summed E-state index contributed by atoms with van der Waals surface area (Å²) in [4.78, 5) is 2.02. The molecule has 0 bridgehead atoms. The normalized spacial score (nSPS) is 12.4. The van der Waals surface area contributed by atoms with Crippen molar-refractivity contribution in [2.24, 2.45) is 5.73 Å². The Hall–Kier alpha value is -1.91. The highest BCUT2D eigenvalue weighted by atomic mass is 19.1. The van der Waals surface area contributed by atoms with Crippen molar-refractivity contribution in [1.82, 2.24) is 4.90 Å². The molecule has 0 radical (unpaired) electrons. The van der Waals surface area contributed by atoms with Crippen molar-refractivity contribution >= 4 is 0 Å². The highest BCUT2D eigenvalue weighted by Crippen LogP contribution is 2.17. The van der Waals surface area contributed by atoms with E-state index in [1.807, 2.05) is 42.3 Å². The van der Waals surface area contributed by atoms with Crippen LogP contribution in [0, 0.1) is 5.82 Å². The number of halogens is 1. The number of rotatable bonds is 6. The van der Waals surface area contributed by atoms with Crippen molar-refractivity contribution < 1.29 is 9.13 Å². The Morgan fingerprint density at radius 3 is 2.43 bits per heavy atom. The number of benzene rings is 2. The van der Waals surface area contributed by atoms with E-state index >= 15 is 0 Å². The molecule has 2 N–H and O–H groups in total. The van der Waals surface area contributed by atoms with Gasteiger partial charge in [0, 0.05) is 24.7 Å². The van der Waals surface area contributed by atoms with E-state index < -0.39 is 0 Å². The molecular weight excluding hydrogens is 267 g/mol. The molecule has 1 unspecified atom stereocenters. The molecule has 2 aromatic carbocycles. The van der Waals surface area contributed by atoms with Crippen molar-refractivity contribution in [1.29, 1.82) is 0 Å². The molecule has 0 saturated carbocycles. The van der Waals surface area contributed by atoms with Crippen molar-refractivity contribution in [2.75, 3.05) is 20.7 Å². The number of nitrogens with zero attached hydrogens (tertiary/aromatic N) is 1. The van der Waals surface area contributed by atoms with E-state index in [0.29, 0.717) is 18.7 Å². The molecule has 1 atom stereocenters. The van der Waals surface area contributed by atoms with Crippen LogP contribution >= 0.6 is 0 Å². The van der Waals surface area contributed by atoms with Gasteiger partial charge in [-0.3, -0.25) is 0 Å². The fraction of sp³-hybridized carbons (Fsp3) is 0.294. The minimum atomic E-state index is -0.178. The maximum absolute atomic E-state index is 13.6. The first kappa shape index (κ1) is 15.5. The molecule has 0 saturated heterocycles. The number of ether oxygens (including phenoxy) is 1. The Kier molecular flexibility index (Phi) is 5.31. The van der Waals surface area contributed by atoms with Gasteiger partial charge in [-0.05, 0) is 30.8 Å². The molecule has 0 amide bonds. The molecule has 4 heteroatoms. The van der Waals surface area contributed by atoms with Crippen LogP contribution in [0.15, 0.2) is 48.5 Å². The van der Waals surface area contributed by atoms with E-state index in [1.54, 1.807) is 19.2 Å². The lowest BCUT2D eigenvalue weighted by molar-refractivity contribution is 0.300. The fourth-order valence-corrected chi connectivity index (χ4v) is 2.27. The van der Waals surface area contributed by atoms with Gasteiger partial charge in [0.1, 0.15) is 11.6 Å². The van der Waals surface area contributed by atoms with E-state index in [9.17, 15) is 4.39 Å². The first-order chi connectivity index (χ1) is 10.1. The van der Waals surface area contributed by atoms with Crippen LogP contribution in [0.4, 0.5) is 4.39 Å². The standard InChI is InChI=1S/C17H21FN2O/c1-20(11-14-5-3-4-6-16(14)18)12-17(19)13-7-9-15(21-2)10-8-13/h3-10,17H,11-12,19H2,1-2H3. The van der Waals surface area contributed by atoms with Crippen LogP contribution in [0.25, 0.3) is 0 Å². The van der Waals surface area contributed by atoms with Gasteiger partial charge in [0.15, 0.2) is 0 Å². The number of likely N-dealkylation sites (N-methyl/N-ethyl adjacent to an activating group) is 1. The average molecular weight is 288 g/mol. The summed E-state index contributed by atoms with van der Waals surface area (Å²) in [6, 6.07) is 14.4. The summed E-state index contributed by atoms with van der Waals surface area (Å²) in [6.45, 7) is 1.19. The van der Waals surface area contributed by atoms with Crippen molar-refractivity contribution in [2.45, 2.75) is 12.6 Å². The third kappa shape index (κ3) is 4.28. The topological polar surface area (TPSA) is 38.5 Å². The van der Waals surface area contributed by atoms with Gasteiger partial charge in [-0.2, -0.15) is 0 Å². The largest absolute Gasteiger partial charge is 0.497 e. The van der Waals surface area contributed by atoms with Crippen LogP contribution in [0.5, 0.6) is 5.75 Å². The summed E-state index contributed by atoms with van der Waals surface area (Å²) in [5.41, 5.74) is 7.92. The molecule has 0 spiro atoms. The van der Waals surface area contributed by atoms with E-state index in [4.69, 9.17) is 10.5 Å². The summed E-state index contributed by atoms with van der Waals surface area (Å²) in [6.07, 6.45) is 0.